The average molecular weight is 306 g/mol. The van der Waals surface area contributed by atoms with Crippen LogP contribution < -0.4 is 0 Å². The normalized spacial score (nSPS) is 12.4. The molecule has 2 rings (SSSR count). The smallest absolute Gasteiger partial charge is 0.335 e. The summed E-state index contributed by atoms with van der Waals surface area (Å²) in [6.07, 6.45) is -4.32. The van der Waals surface area contributed by atoms with Crippen molar-refractivity contribution >= 4 is 26.8 Å². The Morgan fingerprint density at radius 3 is 2.47 bits per heavy atom. The quantitative estimate of drug-likeness (QED) is 0.716. The van der Waals surface area contributed by atoms with Crippen LogP contribution in [0.5, 0.6) is 0 Å². The highest BCUT2D eigenvalue weighted by molar-refractivity contribution is 9.10. The predicted octanol–water partition coefficient (Wildman–Crippen LogP) is 4.75. The zero-order valence-corrected chi connectivity index (χ0v) is 11.0. The van der Waals surface area contributed by atoms with Gasteiger partial charge >= 0.3 is 6.18 Å². The Hall–Kier alpha value is -0.970. The molecular weight excluding hydrogens is 295 g/mol. The van der Waals surface area contributed by atoms with Gasteiger partial charge in [0.2, 0.25) is 0 Å². The van der Waals surface area contributed by atoms with Gasteiger partial charge in [0.15, 0.2) is 0 Å². The van der Waals surface area contributed by atoms with E-state index < -0.39 is 11.7 Å². The van der Waals surface area contributed by atoms with Crippen molar-refractivity contribution in [2.24, 2.45) is 0 Å². The van der Waals surface area contributed by atoms with E-state index in [9.17, 15) is 13.2 Å². The Morgan fingerprint density at radius 1 is 1.29 bits per heavy atom. The highest BCUT2D eigenvalue weighted by Crippen LogP contribution is 2.39. The summed E-state index contributed by atoms with van der Waals surface area (Å²) in [6, 6.07) is 4.29. The topological polar surface area (TPSA) is 4.93 Å². The lowest BCUT2D eigenvalue weighted by Gasteiger charge is -2.11. The number of nitrogens with zero attached hydrogens (tertiary/aromatic N) is 1. The van der Waals surface area contributed by atoms with Crippen LogP contribution >= 0.6 is 15.9 Å². The molecular formula is C12H11BrF3N. The second-order valence-electron chi connectivity index (χ2n) is 3.86. The summed E-state index contributed by atoms with van der Waals surface area (Å²) in [7, 11) is 0. The largest absolute Gasteiger partial charge is 0.418 e. The fraction of sp³-hybridized carbons (Fsp3) is 0.333. The number of rotatable bonds is 1. The molecule has 0 amide bonds. The Balaban J connectivity index is 2.93. The average Bonchev–Trinajstić information content (AvgIpc) is 2.50. The third kappa shape index (κ3) is 1.86. The predicted molar refractivity (Wildman–Crippen MR) is 65.1 cm³/mol. The van der Waals surface area contributed by atoms with E-state index in [1.54, 1.807) is 10.6 Å². The van der Waals surface area contributed by atoms with Crippen LogP contribution in [0.2, 0.25) is 0 Å². The van der Waals surface area contributed by atoms with Gasteiger partial charge in [0.1, 0.15) is 0 Å². The number of hydrogen-bond donors (Lipinski definition) is 0. The second-order valence-corrected chi connectivity index (χ2v) is 4.61. The first-order valence-corrected chi connectivity index (χ1v) is 6.01. The van der Waals surface area contributed by atoms with Gasteiger partial charge in [-0.1, -0.05) is 12.1 Å². The van der Waals surface area contributed by atoms with E-state index in [0.717, 1.165) is 11.6 Å². The Morgan fingerprint density at radius 2 is 1.94 bits per heavy atom. The zero-order chi connectivity index (χ0) is 12.8. The number of benzene rings is 1. The molecule has 0 unspecified atom stereocenters. The first kappa shape index (κ1) is 12.5. The van der Waals surface area contributed by atoms with Crippen molar-refractivity contribution in [3.8, 4) is 0 Å². The molecule has 92 valence electrons. The van der Waals surface area contributed by atoms with Gasteiger partial charge in [-0.05, 0) is 41.4 Å². The number of hydrogen-bond acceptors (Lipinski definition) is 0. The van der Waals surface area contributed by atoms with Gasteiger partial charge in [-0.25, -0.2) is 0 Å². The molecule has 0 saturated heterocycles. The third-order valence-electron chi connectivity index (χ3n) is 2.88. The van der Waals surface area contributed by atoms with Gasteiger partial charge in [0.25, 0.3) is 0 Å². The van der Waals surface area contributed by atoms with Gasteiger partial charge < -0.3 is 4.57 Å². The van der Waals surface area contributed by atoms with E-state index in [2.05, 4.69) is 15.9 Å². The summed E-state index contributed by atoms with van der Waals surface area (Å²) < 4.78 is 41.2. The molecule has 0 bridgehead atoms. The monoisotopic (exact) mass is 305 g/mol. The number of para-hydroxylation sites is 1. The van der Waals surface area contributed by atoms with Crippen molar-refractivity contribution < 1.29 is 13.2 Å². The maximum atomic E-state index is 12.9. The van der Waals surface area contributed by atoms with Crippen molar-refractivity contribution in [1.29, 1.82) is 0 Å². The van der Waals surface area contributed by atoms with E-state index in [4.69, 9.17) is 0 Å². The summed E-state index contributed by atoms with van der Waals surface area (Å²) in [4.78, 5) is 0. The molecule has 0 radical (unpaired) electrons. The van der Waals surface area contributed by atoms with Crippen LogP contribution in [0, 0.1) is 6.92 Å². The van der Waals surface area contributed by atoms with Crippen LogP contribution in [-0.4, -0.2) is 4.57 Å². The molecule has 0 spiro atoms. The van der Waals surface area contributed by atoms with Crippen LogP contribution in [-0.2, 0) is 12.7 Å². The van der Waals surface area contributed by atoms with Gasteiger partial charge in [0, 0.05) is 11.9 Å². The molecule has 0 aliphatic heterocycles. The molecule has 0 aliphatic rings. The lowest BCUT2D eigenvalue weighted by atomic mass is 10.1. The Kier molecular flexibility index (Phi) is 2.97. The SMILES string of the molecule is CCn1c(Br)c(C)c2cccc(C(F)(F)F)c21. The van der Waals surface area contributed by atoms with E-state index in [-0.39, 0.29) is 5.52 Å². The van der Waals surface area contributed by atoms with Gasteiger partial charge in [0.05, 0.1) is 15.7 Å². The number of aryl methyl sites for hydroxylation is 2. The molecule has 1 heterocycles. The van der Waals surface area contributed by atoms with Crippen molar-refractivity contribution in [3.63, 3.8) is 0 Å². The van der Waals surface area contributed by atoms with Crippen molar-refractivity contribution in [1.82, 2.24) is 4.57 Å². The minimum Gasteiger partial charge on any atom is -0.335 e. The van der Waals surface area contributed by atoms with Crippen molar-refractivity contribution in [2.75, 3.05) is 0 Å². The van der Waals surface area contributed by atoms with E-state index in [0.29, 0.717) is 16.5 Å². The summed E-state index contributed by atoms with van der Waals surface area (Å²) >= 11 is 3.35. The highest BCUT2D eigenvalue weighted by Gasteiger charge is 2.34. The fourth-order valence-corrected chi connectivity index (χ4v) is 2.72. The number of alkyl halides is 3. The minimum absolute atomic E-state index is 0.256. The van der Waals surface area contributed by atoms with Crippen molar-refractivity contribution in [2.45, 2.75) is 26.6 Å². The summed E-state index contributed by atoms with van der Waals surface area (Å²) in [5.74, 6) is 0. The third-order valence-corrected chi connectivity index (χ3v) is 3.90. The zero-order valence-electron chi connectivity index (χ0n) is 9.40. The summed E-state index contributed by atoms with van der Waals surface area (Å²) in [5, 5.41) is 0.647. The minimum atomic E-state index is -4.32. The van der Waals surface area contributed by atoms with Gasteiger partial charge in [-0.3, -0.25) is 0 Å². The second kappa shape index (κ2) is 4.05. The van der Waals surface area contributed by atoms with E-state index in [1.807, 2.05) is 13.8 Å². The fourth-order valence-electron chi connectivity index (χ4n) is 2.07. The lowest BCUT2D eigenvalue weighted by Crippen LogP contribution is -2.08. The molecule has 1 aromatic heterocycles. The van der Waals surface area contributed by atoms with E-state index in [1.165, 1.54) is 6.07 Å². The van der Waals surface area contributed by atoms with Crippen LogP contribution in [0.1, 0.15) is 18.1 Å². The summed E-state index contributed by atoms with van der Waals surface area (Å²) in [5.41, 5.74) is 0.519. The maximum absolute atomic E-state index is 12.9. The molecule has 1 aromatic carbocycles. The number of aromatic nitrogens is 1. The number of halogens is 4. The maximum Gasteiger partial charge on any atom is 0.418 e. The van der Waals surface area contributed by atoms with E-state index >= 15 is 0 Å². The summed E-state index contributed by atoms with van der Waals surface area (Å²) in [6.45, 7) is 4.15. The van der Waals surface area contributed by atoms with Crippen molar-refractivity contribution in [3.05, 3.63) is 33.9 Å². The molecule has 0 N–H and O–H groups in total. The first-order valence-electron chi connectivity index (χ1n) is 5.22. The van der Waals surface area contributed by atoms with Crippen LogP contribution in [0.4, 0.5) is 13.2 Å². The van der Waals surface area contributed by atoms with Gasteiger partial charge in [-0.2, -0.15) is 13.2 Å². The Bertz CT molecular complexity index is 569. The molecule has 0 atom stereocenters. The molecule has 0 fully saturated rings. The molecule has 1 nitrogen and oxygen atoms in total. The first-order chi connectivity index (χ1) is 7.88. The lowest BCUT2D eigenvalue weighted by molar-refractivity contribution is -0.136. The van der Waals surface area contributed by atoms with Crippen LogP contribution in [0.15, 0.2) is 22.8 Å². The van der Waals surface area contributed by atoms with Gasteiger partial charge in [-0.15, -0.1) is 0 Å². The molecule has 0 aliphatic carbocycles. The number of fused-ring (bicyclic) bond motifs is 1. The Labute approximate surface area is 105 Å². The molecule has 5 heteroatoms. The van der Waals surface area contributed by atoms with Crippen LogP contribution in [0.3, 0.4) is 0 Å². The molecule has 17 heavy (non-hydrogen) atoms. The molecule has 2 aromatic rings. The molecule has 0 saturated carbocycles. The standard InChI is InChI=1S/C12H11BrF3N/c1-3-17-10-8(7(2)11(17)13)5-4-6-9(10)12(14,15)16/h4-6H,3H2,1-2H3. The van der Waals surface area contributed by atoms with Crippen LogP contribution in [0.25, 0.3) is 10.9 Å². The highest BCUT2D eigenvalue weighted by atomic mass is 79.9.